The Bertz CT molecular complexity index is 1250. The molecule has 9 heteroatoms. The molecular formula is C23H19Cl2NO5S. The third kappa shape index (κ3) is 5.48. The third-order valence-corrected chi connectivity index (χ3v) is 6.57. The normalized spacial score (nSPS) is 12.2. The first-order valence-electron chi connectivity index (χ1n) is 9.44. The van der Waals surface area contributed by atoms with Gasteiger partial charge in [0, 0.05) is 18.2 Å². The summed E-state index contributed by atoms with van der Waals surface area (Å²) in [7, 11) is -3.42. The van der Waals surface area contributed by atoms with Crippen LogP contribution in [-0.4, -0.2) is 37.7 Å². The van der Waals surface area contributed by atoms with Gasteiger partial charge in [0.1, 0.15) is 6.04 Å². The first-order valence-corrected chi connectivity index (χ1v) is 12.1. The fraction of sp³-hybridized carbons (Fsp3) is 0.130. The molecule has 0 bridgehead atoms. The lowest BCUT2D eigenvalue weighted by molar-refractivity contribution is -0.139. The molecule has 0 aliphatic carbocycles. The zero-order chi connectivity index (χ0) is 23.5. The van der Waals surface area contributed by atoms with Crippen molar-refractivity contribution in [2.75, 3.05) is 6.26 Å². The van der Waals surface area contributed by atoms with Crippen LogP contribution in [0.2, 0.25) is 10.0 Å². The van der Waals surface area contributed by atoms with E-state index in [2.05, 4.69) is 5.32 Å². The van der Waals surface area contributed by atoms with E-state index in [9.17, 15) is 23.1 Å². The monoisotopic (exact) mass is 491 g/mol. The summed E-state index contributed by atoms with van der Waals surface area (Å²) in [6.45, 7) is 0. The molecule has 3 rings (SSSR count). The minimum absolute atomic E-state index is 0.00909. The first-order chi connectivity index (χ1) is 15.1. The lowest BCUT2D eigenvalue weighted by Gasteiger charge is -2.16. The number of sulfone groups is 1. The SMILES string of the molecule is CS(=O)(=O)c1ccccc1-c1ccc(C[C@H](NC(=O)c2c(Cl)cccc2Cl)C(=O)O)cc1. The molecule has 0 spiro atoms. The first kappa shape index (κ1) is 23.8. The maximum absolute atomic E-state index is 12.6. The number of carbonyl (C=O) groups excluding carboxylic acids is 1. The van der Waals surface area contributed by atoms with Gasteiger partial charge in [0.05, 0.1) is 20.5 Å². The van der Waals surface area contributed by atoms with E-state index in [1.165, 1.54) is 18.2 Å². The maximum atomic E-state index is 12.6. The second kappa shape index (κ2) is 9.73. The smallest absolute Gasteiger partial charge is 0.326 e. The molecule has 0 radical (unpaired) electrons. The molecule has 1 amide bonds. The predicted octanol–water partition coefficient (Wildman–Crippen LogP) is 4.49. The lowest BCUT2D eigenvalue weighted by Crippen LogP contribution is -2.42. The Morgan fingerprint density at radius 2 is 1.53 bits per heavy atom. The van der Waals surface area contributed by atoms with Crippen LogP contribution in [-0.2, 0) is 21.1 Å². The van der Waals surface area contributed by atoms with Gasteiger partial charge in [-0.2, -0.15) is 0 Å². The Hall–Kier alpha value is -2.87. The largest absolute Gasteiger partial charge is 0.480 e. The summed E-state index contributed by atoms with van der Waals surface area (Å²) in [6, 6.07) is 16.8. The van der Waals surface area contributed by atoms with Crippen LogP contribution in [0.5, 0.6) is 0 Å². The number of halogens is 2. The zero-order valence-corrected chi connectivity index (χ0v) is 19.2. The summed E-state index contributed by atoms with van der Waals surface area (Å²) in [5.74, 6) is -1.90. The van der Waals surface area contributed by atoms with Gasteiger partial charge in [-0.1, -0.05) is 71.7 Å². The van der Waals surface area contributed by atoms with Gasteiger partial charge in [0.15, 0.2) is 9.84 Å². The van der Waals surface area contributed by atoms with Crippen molar-refractivity contribution >= 4 is 44.9 Å². The summed E-state index contributed by atoms with van der Waals surface area (Å²) >= 11 is 12.1. The molecule has 166 valence electrons. The second-order valence-corrected chi connectivity index (χ2v) is 9.93. The Labute approximate surface area is 195 Å². The van der Waals surface area contributed by atoms with Gasteiger partial charge in [-0.05, 0) is 29.3 Å². The number of rotatable bonds is 7. The highest BCUT2D eigenvalue weighted by molar-refractivity contribution is 7.90. The Morgan fingerprint density at radius 1 is 0.938 bits per heavy atom. The number of carboxylic acid groups (broad SMARTS) is 1. The predicted molar refractivity (Wildman–Crippen MR) is 124 cm³/mol. The Morgan fingerprint density at radius 3 is 2.09 bits per heavy atom. The van der Waals surface area contributed by atoms with E-state index >= 15 is 0 Å². The quantitative estimate of drug-likeness (QED) is 0.506. The van der Waals surface area contributed by atoms with Gasteiger partial charge in [-0.25, -0.2) is 13.2 Å². The van der Waals surface area contributed by atoms with E-state index in [0.717, 1.165) is 6.26 Å². The van der Waals surface area contributed by atoms with E-state index in [4.69, 9.17) is 23.2 Å². The van der Waals surface area contributed by atoms with Crippen molar-refractivity contribution in [2.24, 2.45) is 0 Å². The van der Waals surface area contributed by atoms with Gasteiger partial charge in [-0.15, -0.1) is 0 Å². The number of amides is 1. The highest BCUT2D eigenvalue weighted by Gasteiger charge is 2.24. The average molecular weight is 492 g/mol. The molecule has 0 saturated carbocycles. The topological polar surface area (TPSA) is 101 Å². The number of aliphatic carboxylic acids is 1. The summed E-state index contributed by atoms with van der Waals surface area (Å²) in [5.41, 5.74) is 1.88. The van der Waals surface area contributed by atoms with Gasteiger partial charge in [-0.3, -0.25) is 4.79 Å². The Balaban J connectivity index is 1.82. The van der Waals surface area contributed by atoms with Crippen LogP contribution >= 0.6 is 23.2 Å². The molecule has 3 aromatic rings. The number of carboxylic acids is 1. The van der Waals surface area contributed by atoms with E-state index in [0.29, 0.717) is 16.7 Å². The van der Waals surface area contributed by atoms with E-state index in [1.54, 1.807) is 48.5 Å². The Kier molecular flexibility index (Phi) is 7.23. The number of hydrogen-bond acceptors (Lipinski definition) is 4. The van der Waals surface area contributed by atoms with Crippen molar-refractivity contribution in [3.8, 4) is 11.1 Å². The van der Waals surface area contributed by atoms with Gasteiger partial charge < -0.3 is 10.4 Å². The standard InChI is InChI=1S/C23H19Cl2NO5S/c1-32(30,31)20-8-3-2-5-16(20)15-11-9-14(10-12-15)13-19(23(28)29)26-22(27)21-17(24)6-4-7-18(21)25/h2-12,19H,13H2,1H3,(H,26,27)(H,28,29)/t19-/m0/s1. The minimum atomic E-state index is -3.42. The second-order valence-electron chi connectivity index (χ2n) is 7.13. The van der Waals surface area contributed by atoms with Crippen molar-refractivity contribution in [3.63, 3.8) is 0 Å². The molecule has 3 aromatic carbocycles. The molecule has 0 aliphatic rings. The molecule has 32 heavy (non-hydrogen) atoms. The maximum Gasteiger partial charge on any atom is 0.326 e. The fourth-order valence-electron chi connectivity index (χ4n) is 3.23. The number of hydrogen-bond donors (Lipinski definition) is 2. The van der Waals surface area contributed by atoms with Gasteiger partial charge in [0.2, 0.25) is 0 Å². The minimum Gasteiger partial charge on any atom is -0.480 e. The van der Waals surface area contributed by atoms with Crippen LogP contribution in [0.3, 0.4) is 0 Å². The molecular weight excluding hydrogens is 473 g/mol. The lowest BCUT2D eigenvalue weighted by atomic mass is 10.0. The molecule has 0 heterocycles. The fourth-order valence-corrected chi connectivity index (χ4v) is 4.71. The number of carbonyl (C=O) groups is 2. The van der Waals surface area contributed by atoms with Gasteiger partial charge in [0.25, 0.3) is 5.91 Å². The van der Waals surface area contributed by atoms with Crippen molar-refractivity contribution in [3.05, 3.63) is 87.9 Å². The van der Waals surface area contributed by atoms with Crippen molar-refractivity contribution in [2.45, 2.75) is 17.4 Å². The molecule has 0 aliphatic heterocycles. The third-order valence-electron chi connectivity index (χ3n) is 4.78. The molecule has 0 unspecified atom stereocenters. The summed E-state index contributed by atoms with van der Waals surface area (Å²) in [4.78, 5) is 24.5. The van der Waals surface area contributed by atoms with Crippen molar-refractivity contribution < 1.29 is 23.1 Å². The number of benzene rings is 3. The van der Waals surface area contributed by atoms with Crippen molar-refractivity contribution in [1.82, 2.24) is 5.32 Å². The van der Waals surface area contributed by atoms with E-state index < -0.39 is 27.8 Å². The zero-order valence-electron chi connectivity index (χ0n) is 16.9. The van der Waals surface area contributed by atoms with Crippen LogP contribution in [0.15, 0.2) is 71.6 Å². The van der Waals surface area contributed by atoms with Crippen LogP contribution in [0.1, 0.15) is 15.9 Å². The van der Waals surface area contributed by atoms with Crippen LogP contribution in [0, 0.1) is 0 Å². The van der Waals surface area contributed by atoms with Gasteiger partial charge >= 0.3 is 5.97 Å². The highest BCUT2D eigenvalue weighted by Crippen LogP contribution is 2.28. The summed E-state index contributed by atoms with van der Waals surface area (Å²) < 4.78 is 24.1. The van der Waals surface area contributed by atoms with Crippen LogP contribution in [0.25, 0.3) is 11.1 Å². The highest BCUT2D eigenvalue weighted by atomic mass is 35.5. The molecule has 0 fully saturated rings. The van der Waals surface area contributed by atoms with Crippen LogP contribution in [0.4, 0.5) is 0 Å². The molecule has 2 N–H and O–H groups in total. The summed E-state index contributed by atoms with van der Waals surface area (Å²) in [5, 5.41) is 12.3. The molecule has 0 saturated heterocycles. The van der Waals surface area contributed by atoms with E-state index in [-0.39, 0.29) is 26.9 Å². The number of nitrogens with one attached hydrogen (secondary N) is 1. The summed E-state index contributed by atoms with van der Waals surface area (Å²) in [6.07, 6.45) is 1.16. The molecule has 0 aromatic heterocycles. The molecule has 1 atom stereocenters. The molecule has 6 nitrogen and oxygen atoms in total. The van der Waals surface area contributed by atoms with Crippen molar-refractivity contribution in [1.29, 1.82) is 0 Å². The van der Waals surface area contributed by atoms with Crippen LogP contribution < -0.4 is 5.32 Å². The average Bonchev–Trinajstić information content (AvgIpc) is 2.73. The van der Waals surface area contributed by atoms with E-state index in [1.807, 2.05) is 0 Å².